The average Bonchev–Trinajstić information content (AvgIpc) is 2.93. The molecule has 3 aromatic rings. The number of anilines is 4. The number of pyridine rings is 1. The molecule has 134 valence electrons. The number of hydrogen-bond donors (Lipinski definition) is 2. The van der Waals surface area contributed by atoms with Gasteiger partial charge < -0.3 is 16.0 Å². The number of nitrogens with two attached hydrogens (primary N) is 1. The molecule has 1 saturated heterocycles. The lowest BCUT2D eigenvalue weighted by atomic mass is 10.1. The Kier molecular flexibility index (Phi) is 4.56. The van der Waals surface area contributed by atoms with Gasteiger partial charge in [0.05, 0.1) is 11.2 Å². The zero-order valence-corrected chi connectivity index (χ0v) is 15.1. The maximum absolute atomic E-state index is 6.44. The first-order chi connectivity index (χ1) is 12.7. The summed E-state index contributed by atoms with van der Waals surface area (Å²) in [5.41, 5.74) is 9.83. The Labute approximate surface area is 153 Å². The summed E-state index contributed by atoms with van der Waals surface area (Å²) in [7, 11) is 0. The van der Waals surface area contributed by atoms with Gasteiger partial charge in [-0.2, -0.15) is 0 Å². The van der Waals surface area contributed by atoms with E-state index < -0.39 is 0 Å². The number of aromatic nitrogens is 3. The molecule has 0 bridgehead atoms. The molecular weight excluding hydrogens is 324 g/mol. The van der Waals surface area contributed by atoms with Crippen molar-refractivity contribution in [1.82, 2.24) is 15.0 Å². The van der Waals surface area contributed by atoms with Gasteiger partial charge >= 0.3 is 0 Å². The van der Waals surface area contributed by atoms with Gasteiger partial charge in [-0.3, -0.25) is 4.98 Å². The van der Waals surface area contributed by atoms with Crippen molar-refractivity contribution >= 4 is 33.9 Å². The van der Waals surface area contributed by atoms with Crippen LogP contribution in [-0.2, 0) is 0 Å². The van der Waals surface area contributed by atoms with Gasteiger partial charge in [-0.05, 0) is 31.9 Å². The summed E-state index contributed by atoms with van der Waals surface area (Å²) >= 11 is 0. The maximum Gasteiger partial charge on any atom is 0.159 e. The number of nitrogen functional groups attached to an aromatic ring is 1. The quantitative estimate of drug-likeness (QED) is 0.743. The molecule has 1 fully saturated rings. The van der Waals surface area contributed by atoms with E-state index in [1.54, 1.807) is 6.33 Å². The highest BCUT2D eigenvalue weighted by atomic mass is 15.2. The summed E-state index contributed by atoms with van der Waals surface area (Å²) < 4.78 is 0. The largest absolute Gasteiger partial charge is 0.393 e. The van der Waals surface area contributed by atoms with Gasteiger partial charge in [0.2, 0.25) is 0 Å². The van der Waals surface area contributed by atoms with Gasteiger partial charge in [0.25, 0.3) is 0 Å². The Morgan fingerprint density at radius 2 is 1.81 bits per heavy atom. The third kappa shape index (κ3) is 3.27. The zero-order valence-electron chi connectivity index (χ0n) is 15.1. The van der Waals surface area contributed by atoms with Gasteiger partial charge in [0, 0.05) is 24.2 Å². The van der Waals surface area contributed by atoms with Crippen molar-refractivity contribution in [3.63, 3.8) is 0 Å². The second kappa shape index (κ2) is 7.15. The molecule has 4 rings (SSSR count). The van der Waals surface area contributed by atoms with Gasteiger partial charge in [0.15, 0.2) is 11.6 Å². The number of nitrogens with one attached hydrogen (secondary N) is 1. The first-order valence-electron chi connectivity index (χ1n) is 9.21. The molecule has 0 saturated carbocycles. The Balaban J connectivity index is 1.69. The Hall–Kier alpha value is -2.89. The van der Waals surface area contributed by atoms with Crippen molar-refractivity contribution in [1.29, 1.82) is 0 Å². The molecule has 6 heteroatoms. The molecule has 0 aliphatic carbocycles. The minimum absolute atomic E-state index is 0.596. The van der Waals surface area contributed by atoms with Gasteiger partial charge in [-0.25, -0.2) is 9.97 Å². The molecule has 1 aliphatic heterocycles. The van der Waals surface area contributed by atoms with Crippen LogP contribution in [0, 0.1) is 6.92 Å². The van der Waals surface area contributed by atoms with Gasteiger partial charge in [-0.15, -0.1) is 0 Å². The molecule has 6 nitrogen and oxygen atoms in total. The van der Waals surface area contributed by atoms with E-state index in [9.17, 15) is 0 Å². The molecule has 1 aromatic carbocycles. The van der Waals surface area contributed by atoms with Crippen molar-refractivity contribution in [3.05, 3.63) is 42.4 Å². The molecule has 26 heavy (non-hydrogen) atoms. The van der Waals surface area contributed by atoms with E-state index in [2.05, 4.69) is 37.3 Å². The molecule has 2 aromatic heterocycles. The third-order valence-electron chi connectivity index (χ3n) is 4.88. The fourth-order valence-corrected chi connectivity index (χ4v) is 3.49. The SMILES string of the molecule is Cc1ccc2cccc(Nc3ncnc(N4CCCCCC4)c3N)c2n1. The highest BCUT2D eigenvalue weighted by molar-refractivity contribution is 5.93. The molecule has 0 radical (unpaired) electrons. The number of fused-ring (bicyclic) bond motifs is 1. The lowest BCUT2D eigenvalue weighted by molar-refractivity contribution is 0.726. The number of para-hydroxylation sites is 1. The van der Waals surface area contributed by atoms with E-state index in [4.69, 9.17) is 5.73 Å². The standard InChI is InChI=1S/C20H24N6/c1-14-9-10-15-7-6-8-16(18(15)24-14)25-19-17(21)20(23-13-22-19)26-11-4-2-3-5-12-26/h6-10,13H,2-5,11-12,21H2,1H3,(H,22,23,25). The number of nitrogens with zero attached hydrogens (tertiary/aromatic N) is 4. The predicted molar refractivity (Wildman–Crippen MR) is 107 cm³/mol. The summed E-state index contributed by atoms with van der Waals surface area (Å²) in [6.07, 6.45) is 6.49. The summed E-state index contributed by atoms with van der Waals surface area (Å²) in [4.78, 5) is 15.8. The Bertz CT molecular complexity index is 915. The average molecular weight is 348 g/mol. The molecule has 0 unspecified atom stereocenters. The summed E-state index contributed by atoms with van der Waals surface area (Å²) in [5, 5.41) is 4.46. The van der Waals surface area contributed by atoms with E-state index in [0.29, 0.717) is 11.5 Å². The van der Waals surface area contributed by atoms with Crippen LogP contribution >= 0.6 is 0 Å². The third-order valence-corrected chi connectivity index (χ3v) is 4.88. The summed E-state index contributed by atoms with van der Waals surface area (Å²) in [6.45, 7) is 3.98. The first-order valence-corrected chi connectivity index (χ1v) is 9.21. The van der Waals surface area contributed by atoms with Gasteiger partial charge in [-0.1, -0.05) is 31.0 Å². The van der Waals surface area contributed by atoms with E-state index in [0.717, 1.165) is 41.2 Å². The zero-order chi connectivity index (χ0) is 17.9. The van der Waals surface area contributed by atoms with Crippen LogP contribution in [0.5, 0.6) is 0 Å². The van der Waals surface area contributed by atoms with Gasteiger partial charge in [0.1, 0.15) is 12.0 Å². The minimum atomic E-state index is 0.596. The lowest BCUT2D eigenvalue weighted by Crippen LogP contribution is -2.26. The highest BCUT2D eigenvalue weighted by Gasteiger charge is 2.17. The van der Waals surface area contributed by atoms with Crippen molar-refractivity contribution < 1.29 is 0 Å². The Morgan fingerprint density at radius 1 is 1.00 bits per heavy atom. The summed E-state index contributed by atoms with van der Waals surface area (Å²) in [5.74, 6) is 1.46. The molecule has 3 N–H and O–H groups in total. The number of hydrogen-bond acceptors (Lipinski definition) is 6. The number of benzene rings is 1. The predicted octanol–water partition coefficient (Wildman–Crippen LogP) is 4.04. The van der Waals surface area contributed by atoms with Crippen LogP contribution in [0.2, 0.25) is 0 Å². The fraction of sp³-hybridized carbons (Fsp3) is 0.350. The van der Waals surface area contributed by atoms with Crippen molar-refractivity contribution in [3.8, 4) is 0 Å². The minimum Gasteiger partial charge on any atom is -0.393 e. The van der Waals surface area contributed by atoms with E-state index in [1.807, 2.05) is 25.1 Å². The van der Waals surface area contributed by atoms with Crippen LogP contribution in [0.3, 0.4) is 0 Å². The van der Waals surface area contributed by atoms with Crippen molar-refractivity contribution in [2.24, 2.45) is 0 Å². The smallest absolute Gasteiger partial charge is 0.159 e. The second-order valence-corrected chi connectivity index (χ2v) is 6.82. The fourth-order valence-electron chi connectivity index (χ4n) is 3.49. The molecule has 0 spiro atoms. The maximum atomic E-state index is 6.44. The topological polar surface area (TPSA) is 80.0 Å². The van der Waals surface area contributed by atoms with Crippen molar-refractivity contribution in [2.45, 2.75) is 32.6 Å². The van der Waals surface area contributed by atoms with E-state index >= 15 is 0 Å². The Morgan fingerprint density at radius 3 is 2.62 bits per heavy atom. The van der Waals surface area contributed by atoms with Crippen molar-refractivity contribution in [2.75, 3.05) is 29.0 Å². The van der Waals surface area contributed by atoms with E-state index in [1.165, 1.54) is 25.7 Å². The van der Waals surface area contributed by atoms with Crippen LogP contribution in [-0.4, -0.2) is 28.0 Å². The molecule has 0 amide bonds. The molecule has 1 aliphatic rings. The van der Waals surface area contributed by atoms with Crippen LogP contribution in [0.4, 0.5) is 23.0 Å². The molecule has 3 heterocycles. The van der Waals surface area contributed by atoms with Crippen LogP contribution in [0.15, 0.2) is 36.7 Å². The normalized spacial score (nSPS) is 15.0. The number of aryl methyl sites for hydroxylation is 1. The highest BCUT2D eigenvalue weighted by Crippen LogP contribution is 2.32. The van der Waals surface area contributed by atoms with Crippen LogP contribution in [0.1, 0.15) is 31.4 Å². The van der Waals surface area contributed by atoms with E-state index in [-0.39, 0.29) is 0 Å². The number of rotatable bonds is 3. The first kappa shape index (κ1) is 16.6. The van der Waals surface area contributed by atoms with Crippen LogP contribution in [0.25, 0.3) is 10.9 Å². The van der Waals surface area contributed by atoms with Crippen LogP contribution < -0.4 is 16.0 Å². The molecule has 0 atom stereocenters. The monoisotopic (exact) mass is 348 g/mol. The second-order valence-electron chi connectivity index (χ2n) is 6.82. The summed E-state index contributed by atoms with van der Waals surface area (Å²) in [6, 6.07) is 10.2. The molecular formula is C20H24N6. The lowest BCUT2D eigenvalue weighted by Gasteiger charge is -2.23.